The van der Waals surface area contributed by atoms with Gasteiger partial charge in [0.1, 0.15) is 5.75 Å². The van der Waals surface area contributed by atoms with Gasteiger partial charge in [0.05, 0.1) is 5.56 Å². The smallest absolute Gasteiger partial charge is 0.257 e. The first-order chi connectivity index (χ1) is 9.08. The number of halogens is 1. The van der Waals surface area contributed by atoms with Crippen molar-refractivity contribution >= 4 is 21.8 Å². The molecule has 5 heteroatoms. The molecule has 2 rings (SSSR count). The van der Waals surface area contributed by atoms with E-state index >= 15 is 0 Å². The quantitative estimate of drug-likeness (QED) is 0.928. The molecule has 4 nitrogen and oxygen atoms in total. The molecule has 1 fully saturated rings. The van der Waals surface area contributed by atoms with Gasteiger partial charge in [0.25, 0.3) is 5.91 Å². The van der Waals surface area contributed by atoms with E-state index in [1.165, 1.54) is 6.07 Å². The third kappa shape index (κ3) is 3.70. The molecule has 1 saturated heterocycles. The average Bonchev–Trinajstić information content (AvgIpc) is 2.42. The second-order valence-electron chi connectivity index (χ2n) is 4.90. The first kappa shape index (κ1) is 14.3. The van der Waals surface area contributed by atoms with Crippen LogP contribution < -0.4 is 0 Å². The largest absolute Gasteiger partial charge is 0.507 e. The van der Waals surface area contributed by atoms with Crippen molar-refractivity contribution in [2.24, 2.45) is 5.92 Å². The molecule has 1 heterocycles. The van der Waals surface area contributed by atoms with Crippen LogP contribution in [0.15, 0.2) is 22.7 Å². The van der Waals surface area contributed by atoms with Crippen molar-refractivity contribution in [1.29, 1.82) is 0 Å². The van der Waals surface area contributed by atoms with Gasteiger partial charge in [-0.15, -0.1) is 0 Å². The zero-order chi connectivity index (χ0) is 13.8. The number of nitrogens with zero attached hydrogens (tertiary/aromatic N) is 1. The van der Waals surface area contributed by atoms with E-state index in [1.54, 1.807) is 24.1 Å². The summed E-state index contributed by atoms with van der Waals surface area (Å²) in [6.07, 6.45) is 1.98. The molecular formula is C14H18BrNO3. The van der Waals surface area contributed by atoms with Crippen LogP contribution in [0.2, 0.25) is 0 Å². The molecule has 1 aliphatic rings. The van der Waals surface area contributed by atoms with Crippen LogP contribution in [0.5, 0.6) is 5.75 Å². The summed E-state index contributed by atoms with van der Waals surface area (Å²) in [7, 11) is 1.78. The number of rotatable bonds is 3. The van der Waals surface area contributed by atoms with Crippen molar-refractivity contribution in [2.45, 2.75) is 12.8 Å². The van der Waals surface area contributed by atoms with Gasteiger partial charge in [-0.2, -0.15) is 0 Å². The molecule has 19 heavy (non-hydrogen) atoms. The van der Waals surface area contributed by atoms with Gasteiger partial charge in [0, 0.05) is 31.3 Å². The van der Waals surface area contributed by atoms with Gasteiger partial charge in [0.15, 0.2) is 0 Å². The molecule has 0 radical (unpaired) electrons. The number of hydrogen-bond acceptors (Lipinski definition) is 3. The molecular weight excluding hydrogens is 310 g/mol. The summed E-state index contributed by atoms with van der Waals surface area (Å²) in [5, 5.41) is 9.77. The SMILES string of the molecule is CN(CC1CCOCC1)C(=O)c1cc(Br)ccc1O. The fraction of sp³-hybridized carbons (Fsp3) is 0.500. The highest BCUT2D eigenvalue weighted by Gasteiger charge is 2.21. The Hall–Kier alpha value is -1.07. The second-order valence-corrected chi connectivity index (χ2v) is 5.82. The molecule has 1 aliphatic heterocycles. The molecule has 0 saturated carbocycles. The second kappa shape index (κ2) is 6.39. The lowest BCUT2D eigenvalue weighted by atomic mass is 9.99. The van der Waals surface area contributed by atoms with Crippen molar-refractivity contribution in [2.75, 3.05) is 26.8 Å². The van der Waals surface area contributed by atoms with Crippen LogP contribution in [0.3, 0.4) is 0 Å². The molecule has 0 aromatic heterocycles. The fourth-order valence-electron chi connectivity index (χ4n) is 2.28. The number of amides is 1. The van der Waals surface area contributed by atoms with Gasteiger partial charge in [-0.3, -0.25) is 4.79 Å². The van der Waals surface area contributed by atoms with E-state index in [0.717, 1.165) is 30.5 Å². The number of hydrogen-bond donors (Lipinski definition) is 1. The van der Waals surface area contributed by atoms with Crippen LogP contribution in [0.1, 0.15) is 23.2 Å². The number of aromatic hydroxyl groups is 1. The molecule has 1 amide bonds. The van der Waals surface area contributed by atoms with E-state index in [1.807, 2.05) is 0 Å². The maximum absolute atomic E-state index is 12.3. The monoisotopic (exact) mass is 327 g/mol. The average molecular weight is 328 g/mol. The fourth-order valence-corrected chi connectivity index (χ4v) is 2.65. The molecule has 0 aliphatic carbocycles. The summed E-state index contributed by atoms with van der Waals surface area (Å²) in [6.45, 7) is 2.25. The van der Waals surface area contributed by atoms with Crippen molar-refractivity contribution < 1.29 is 14.6 Å². The number of phenols is 1. The summed E-state index contributed by atoms with van der Waals surface area (Å²) in [4.78, 5) is 14.0. The Labute approximate surface area is 121 Å². The number of ether oxygens (including phenoxy) is 1. The van der Waals surface area contributed by atoms with Gasteiger partial charge in [-0.25, -0.2) is 0 Å². The third-order valence-electron chi connectivity index (χ3n) is 3.41. The lowest BCUT2D eigenvalue weighted by Crippen LogP contribution is -2.34. The maximum atomic E-state index is 12.3. The normalized spacial score (nSPS) is 16.3. The van der Waals surface area contributed by atoms with Crippen LogP contribution in [-0.2, 0) is 4.74 Å². The topological polar surface area (TPSA) is 49.8 Å². The van der Waals surface area contributed by atoms with Gasteiger partial charge < -0.3 is 14.7 Å². The third-order valence-corrected chi connectivity index (χ3v) is 3.90. The molecule has 104 valence electrons. The molecule has 1 N–H and O–H groups in total. The van der Waals surface area contributed by atoms with Crippen LogP contribution in [-0.4, -0.2) is 42.7 Å². The molecule has 0 spiro atoms. The highest BCUT2D eigenvalue weighted by Crippen LogP contribution is 2.24. The van der Waals surface area contributed by atoms with E-state index < -0.39 is 0 Å². The van der Waals surface area contributed by atoms with Crippen molar-refractivity contribution in [3.63, 3.8) is 0 Å². The zero-order valence-electron chi connectivity index (χ0n) is 10.9. The minimum atomic E-state index is -0.148. The molecule has 0 unspecified atom stereocenters. The van der Waals surface area contributed by atoms with E-state index in [-0.39, 0.29) is 11.7 Å². The minimum absolute atomic E-state index is 0.0204. The summed E-state index contributed by atoms with van der Waals surface area (Å²) in [6, 6.07) is 4.89. The Bertz CT molecular complexity index is 458. The van der Waals surface area contributed by atoms with Crippen LogP contribution in [0.4, 0.5) is 0 Å². The number of benzene rings is 1. The molecule has 0 atom stereocenters. The van der Waals surface area contributed by atoms with Gasteiger partial charge >= 0.3 is 0 Å². The molecule has 1 aromatic carbocycles. The number of carbonyl (C=O) groups excluding carboxylic acids is 1. The summed E-state index contributed by atoms with van der Waals surface area (Å²) >= 11 is 3.31. The summed E-state index contributed by atoms with van der Waals surface area (Å²) in [5.41, 5.74) is 0.337. The molecule has 1 aromatic rings. The van der Waals surface area contributed by atoms with Crippen LogP contribution in [0.25, 0.3) is 0 Å². The molecule has 0 bridgehead atoms. The Balaban J connectivity index is 2.03. The first-order valence-corrected chi connectivity index (χ1v) is 7.19. The first-order valence-electron chi connectivity index (χ1n) is 6.39. The number of carbonyl (C=O) groups is 1. The summed E-state index contributed by atoms with van der Waals surface area (Å²) < 4.78 is 6.10. The Morgan fingerprint density at radius 3 is 2.84 bits per heavy atom. The Morgan fingerprint density at radius 2 is 2.16 bits per heavy atom. The minimum Gasteiger partial charge on any atom is -0.507 e. The Morgan fingerprint density at radius 1 is 1.47 bits per heavy atom. The maximum Gasteiger partial charge on any atom is 0.257 e. The summed E-state index contributed by atoms with van der Waals surface area (Å²) in [5.74, 6) is 0.356. The van der Waals surface area contributed by atoms with Gasteiger partial charge in [0.2, 0.25) is 0 Å². The Kier molecular flexibility index (Phi) is 4.82. The zero-order valence-corrected chi connectivity index (χ0v) is 12.5. The van der Waals surface area contributed by atoms with Crippen LogP contribution >= 0.6 is 15.9 Å². The van der Waals surface area contributed by atoms with E-state index in [0.29, 0.717) is 18.0 Å². The highest BCUT2D eigenvalue weighted by molar-refractivity contribution is 9.10. The van der Waals surface area contributed by atoms with E-state index in [4.69, 9.17) is 4.74 Å². The van der Waals surface area contributed by atoms with E-state index in [9.17, 15) is 9.90 Å². The van der Waals surface area contributed by atoms with Gasteiger partial charge in [-0.1, -0.05) is 15.9 Å². The van der Waals surface area contributed by atoms with Gasteiger partial charge in [-0.05, 0) is 37.0 Å². The predicted octanol–water partition coefficient (Wildman–Crippen LogP) is 2.65. The van der Waals surface area contributed by atoms with Crippen molar-refractivity contribution in [3.05, 3.63) is 28.2 Å². The van der Waals surface area contributed by atoms with Crippen molar-refractivity contribution in [3.8, 4) is 5.75 Å². The van der Waals surface area contributed by atoms with Crippen LogP contribution in [0, 0.1) is 5.92 Å². The standard InChI is InChI=1S/C14H18BrNO3/c1-16(9-10-4-6-19-7-5-10)14(18)12-8-11(15)2-3-13(12)17/h2-3,8,10,17H,4-7,9H2,1H3. The lowest BCUT2D eigenvalue weighted by molar-refractivity contribution is 0.0496. The lowest BCUT2D eigenvalue weighted by Gasteiger charge is -2.27. The number of phenolic OH excluding ortho intramolecular Hbond substituents is 1. The van der Waals surface area contributed by atoms with Crippen molar-refractivity contribution in [1.82, 2.24) is 4.90 Å². The predicted molar refractivity (Wildman–Crippen MR) is 76.3 cm³/mol. The van der Waals surface area contributed by atoms with E-state index in [2.05, 4.69) is 15.9 Å². The highest BCUT2D eigenvalue weighted by atomic mass is 79.9.